The van der Waals surface area contributed by atoms with Gasteiger partial charge < -0.3 is 9.64 Å². The molecule has 1 heterocycles. The number of anilines is 2. The zero-order valence-corrected chi connectivity index (χ0v) is 16.8. The molecule has 25 heavy (non-hydrogen) atoms. The number of hydrogen-bond donors (Lipinski definition) is 1. The van der Waals surface area contributed by atoms with E-state index in [9.17, 15) is 8.42 Å². The number of morpholine rings is 1. The smallest absolute Gasteiger partial charge is 0.263 e. The first kappa shape index (κ1) is 18.5. The number of benzene rings is 2. The van der Waals surface area contributed by atoms with E-state index in [1.54, 1.807) is 18.2 Å². The Morgan fingerprint density at radius 3 is 2.56 bits per heavy atom. The molecular weight excluding hydrogens is 428 g/mol. The quantitative estimate of drug-likeness (QED) is 0.771. The van der Waals surface area contributed by atoms with E-state index in [1.165, 1.54) is 6.07 Å². The lowest BCUT2D eigenvalue weighted by Crippen LogP contribution is -2.36. The molecule has 0 atom stereocenters. The summed E-state index contributed by atoms with van der Waals surface area (Å²) in [6, 6.07) is 10.4. The molecule has 134 valence electrons. The molecule has 2 aromatic rings. The maximum Gasteiger partial charge on any atom is 0.263 e. The van der Waals surface area contributed by atoms with Crippen molar-refractivity contribution in [2.24, 2.45) is 0 Å². The van der Waals surface area contributed by atoms with Crippen LogP contribution >= 0.6 is 27.5 Å². The molecule has 1 N–H and O–H groups in total. The van der Waals surface area contributed by atoms with E-state index in [4.69, 9.17) is 16.3 Å². The van der Waals surface area contributed by atoms with E-state index in [-0.39, 0.29) is 9.92 Å². The minimum Gasteiger partial charge on any atom is -0.378 e. The predicted octanol–water partition coefficient (Wildman–Crippen LogP) is 4.05. The third kappa shape index (κ3) is 4.28. The molecule has 1 fully saturated rings. The van der Waals surface area contributed by atoms with Gasteiger partial charge >= 0.3 is 0 Å². The van der Waals surface area contributed by atoms with Crippen molar-refractivity contribution < 1.29 is 13.2 Å². The van der Waals surface area contributed by atoms with Crippen LogP contribution in [0.3, 0.4) is 0 Å². The molecule has 3 rings (SSSR count). The van der Waals surface area contributed by atoms with E-state index >= 15 is 0 Å². The Labute approximate surface area is 161 Å². The van der Waals surface area contributed by atoms with Gasteiger partial charge in [0.2, 0.25) is 0 Å². The third-order valence-electron chi connectivity index (χ3n) is 3.93. The summed E-state index contributed by atoms with van der Waals surface area (Å²) in [5.41, 5.74) is 2.23. The number of ether oxygens (including phenoxy) is 1. The summed E-state index contributed by atoms with van der Waals surface area (Å²) >= 11 is 9.55. The highest BCUT2D eigenvalue weighted by molar-refractivity contribution is 9.10. The normalized spacial score (nSPS) is 15.2. The van der Waals surface area contributed by atoms with Crippen LogP contribution in [0.15, 0.2) is 45.8 Å². The number of hydrogen-bond acceptors (Lipinski definition) is 4. The van der Waals surface area contributed by atoms with Gasteiger partial charge in [0.15, 0.2) is 0 Å². The second kappa shape index (κ2) is 7.53. The Kier molecular flexibility index (Phi) is 5.58. The fraction of sp³-hybridized carbons (Fsp3) is 0.294. The van der Waals surface area contributed by atoms with Crippen molar-refractivity contribution in [1.29, 1.82) is 0 Å². The van der Waals surface area contributed by atoms with Gasteiger partial charge in [-0.25, -0.2) is 8.42 Å². The van der Waals surface area contributed by atoms with Crippen LogP contribution in [-0.2, 0) is 14.8 Å². The van der Waals surface area contributed by atoms with Crippen molar-refractivity contribution in [1.82, 2.24) is 0 Å². The van der Waals surface area contributed by atoms with Crippen LogP contribution in [-0.4, -0.2) is 34.7 Å². The fourth-order valence-electron chi connectivity index (χ4n) is 2.69. The van der Waals surface area contributed by atoms with Gasteiger partial charge in [-0.3, -0.25) is 4.72 Å². The van der Waals surface area contributed by atoms with Crippen molar-refractivity contribution >= 4 is 48.9 Å². The summed E-state index contributed by atoms with van der Waals surface area (Å²) in [6.07, 6.45) is 0. The first-order chi connectivity index (χ1) is 11.9. The molecule has 0 saturated carbocycles. The van der Waals surface area contributed by atoms with Gasteiger partial charge in [0.1, 0.15) is 4.90 Å². The Morgan fingerprint density at radius 2 is 1.88 bits per heavy atom. The maximum atomic E-state index is 12.8. The molecule has 8 heteroatoms. The van der Waals surface area contributed by atoms with E-state index in [2.05, 4.69) is 25.6 Å². The highest BCUT2D eigenvalue weighted by Crippen LogP contribution is 2.33. The average Bonchev–Trinajstić information content (AvgIpc) is 2.55. The molecule has 5 nitrogen and oxygen atoms in total. The number of nitrogens with zero attached hydrogens (tertiary/aromatic N) is 1. The van der Waals surface area contributed by atoms with Crippen LogP contribution < -0.4 is 9.62 Å². The first-order valence-corrected chi connectivity index (χ1v) is 10.4. The number of nitrogens with one attached hydrogen (secondary N) is 1. The lowest BCUT2D eigenvalue weighted by Gasteiger charge is -2.30. The Bertz CT molecular complexity index is 883. The Balaban J connectivity index is 1.97. The van der Waals surface area contributed by atoms with Gasteiger partial charge in [-0.05, 0) is 42.8 Å². The summed E-state index contributed by atoms with van der Waals surface area (Å²) in [4.78, 5) is 2.16. The molecule has 2 aromatic carbocycles. The minimum atomic E-state index is -3.80. The summed E-state index contributed by atoms with van der Waals surface area (Å²) in [5.74, 6) is 0. The van der Waals surface area contributed by atoms with Crippen molar-refractivity contribution in [3.8, 4) is 0 Å². The molecule has 0 aromatic heterocycles. The van der Waals surface area contributed by atoms with Gasteiger partial charge in [-0.1, -0.05) is 33.6 Å². The standard InChI is InChI=1S/C17H18BrClN2O3S/c1-12-2-5-17(14(19)10-12)25(22,23)20-15-11-13(18)3-4-16(15)21-6-8-24-9-7-21/h2-5,10-11,20H,6-9H2,1H3. The molecular formula is C17H18BrClN2O3S. The van der Waals surface area contributed by atoms with Crippen molar-refractivity contribution in [2.75, 3.05) is 35.9 Å². The molecule has 0 amide bonds. The average molecular weight is 446 g/mol. The highest BCUT2D eigenvalue weighted by Gasteiger charge is 2.22. The Morgan fingerprint density at radius 1 is 1.16 bits per heavy atom. The van der Waals surface area contributed by atoms with Gasteiger partial charge in [-0.15, -0.1) is 0 Å². The largest absolute Gasteiger partial charge is 0.378 e. The van der Waals surface area contributed by atoms with Crippen LogP contribution in [0.2, 0.25) is 5.02 Å². The van der Waals surface area contributed by atoms with Crippen LogP contribution in [0.4, 0.5) is 11.4 Å². The zero-order valence-electron chi connectivity index (χ0n) is 13.6. The van der Waals surface area contributed by atoms with E-state index in [1.807, 2.05) is 19.1 Å². The van der Waals surface area contributed by atoms with Gasteiger partial charge in [0.05, 0.1) is 29.6 Å². The van der Waals surface area contributed by atoms with E-state index in [0.717, 1.165) is 15.7 Å². The lowest BCUT2D eigenvalue weighted by molar-refractivity contribution is 0.123. The molecule has 1 saturated heterocycles. The maximum absolute atomic E-state index is 12.8. The van der Waals surface area contributed by atoms with Gasteiger partial charge in [0.25, 0.3) is 10.0 Å². The predicted molar refractivity (Wildman–Crippen MR) is 104 cm³/mol. The third-order valence-corrected chi connectivity index (χ3v) is 6.27. The molecule has 0 spiro atoms. The molecule has 0 aliphatic carbocycles. The van der Waals surface area contributed by atoms with Crippen LogP contribution in [0.25, 0.3) is 0 Å². The van der Waals surface area contributed by atoms with Crippen molar-refractivity contribution in [2.45, 2.75) is 11.8 Å². The van der Waals surface area contributed by atoms with Crippen molar-refractivity contribution in [3.05, 3.63) is 51.5 Å². The molecule has 0 bridgehead atoms. The van der Waals surface area contributed by atoms with Crippen LogP contribution in [0.5, 0.6) is 0 Å². The second-order valence-electron chi connectivity index (χ2n) is 5.80. The molecule has 1 aliphatic rings. The SMILES string of the molecule is Cc1ccc(S(=O)(=O)Nc2cc(Br)ccc2N2CCOCC2)c(Cl)c1. The summed E-state index contributed by atoms with van der Waals surface area (Å²) < 4.78 is 34.5. The van der Waals surface area contributed by atoms with Crippen LogP contribution in [0.1, 0.15) is 5.56 Å². The van der Waals surface area contributed by atoms with E-state index in [0.29, 0.717) is 32.0 Å². The van der Waals surface area contributed by atoms with Crippen LogP contribution in [0, 0.1) is 6.92 Å². The summed E-state index contributed by atoms with van der Waals surface area (Å²) in [7, 11) is -3.80. The lowest BCUT2D eigenvalue weighted by atomic mass is 10.2. The van der Waals surface area contributed by atoms with E-state index < -0.39 is 10.0 Å². The summed E-state index contributed by atoms with van der Waals surface area (Å²) in [5, 5.41) is 0.204. The first-order valence-electron chi connectivity index (χ1n) is 7.78. The van der Waals surface area contributed by atoms with Gasteiger partial charge in [0, 0.05) is 17.6 Å². The molecule has 1 aliphatic heterocycles. The number of sulfonamides is 1. The number of aryl methyl sites for hydroxylation is 1. The highest BCUT2D eigenvalue weighted by atomic mass is 79.9. The summed E-state index contributed by atoms with van der Waals surface area (Å²) in [6.45, 7) is 4.52. The molecule has 0 radical (unpaired) electrons. The molecule has 0 unspecified atom stereocenters. The topological polar surface area (TPSA) is 58.6 Å². The zero-order chi connectivity index (χ0) is 18.0. The van der Waals surface area contributed by atoms with Gasteiger partial charge in [-0.2, -0.15) is 0 Å². The fourth-order valence-corrected chi connectivity index (χ4v) is 4.72. The minimum absolute atomic E-state index is 0.0627. The number of rotatable bonds is 4. The Hall–Kier alpha value is -1.28. The second-order valence-corrected chi connectivity index (χ2v) is 8.77. The van der Waals surface area contributed by atoms with Crippen molar-refractivity contribution in [3.63, 3.8) is 0 Å². The monoisotopic (exact) mass is 444 g/mol. The number of halogens is 2.